The minimum atomic E-state index is 0.955. The first-order valence-corrected chi connectivity index (χ1v) is 4.83. The van der Waals surface area contributed by atoms with Crippen molar-refractivity contribution < 1.29 is 0 Å². The molecule has 1 unspecified atom stereocenters. The topological polar surface area (TPSA) is 0 Å². The van der Waals surface area contributed by atoms with E-state index in [9.17, 15) is 0 Å². The van der Waals surface area contributed by atoms with Gasteiger partial charge in [0.2, 0.25) is 0 Å². The molecule has 1 aliphatic carbocycles. The molecule has 0 radical (unpaired) electrons. The first-order valence-electron chi connectivity index (χ1n) is 4.83. The van der Waals surface area contributed by atoms with Gasteiger partial charge < -0.3 is 0 Å². The zero-order valence-electron chi connectivity index (χ0n) is 7.90. The van der Waals surface area contributed by atoms with Crippen LogP contribution in [0.5, 0.6) is 0 Å². The Kier molecular flexibility index (Phi) is 3.16. The predicted octanol–water partition coefficient (Wildman–Crippen LogP) is 3.78. The van der Waals surface area contributed by atoms with E-state index in [0.717, 1.165) is 11.8 Å². The third kappa shape index (κ3) is 3.09. The van der Waals surface area contributed by atoms with E-state index in [1.54, 1.807) is 0 Å². The summed E-state index contributed by atoms with van der Waals surface area (Å²) in [7, 11) is 0. The summed E-state index contributed by atoms with van der Waals surface area (Å²) in [4.78, 5) is 0. The Morgan fingerprint density at radius 3 is 2.73 bits per heavy atom. The molecule has 0 aromatic rings. The fourth-order valence-electron chi connectivity index (χ4n) is 2.24. The van der Waals surface area contributed by atoms with Crippen LogP contribution in [0.2, 0.25) is 0 Å². The highest BCUT2D eigenvalue weighted by Crippen LogP contribution is 2.31. The fraction of sp³-hybridized carbons (Fsp3) is 0.818. The van der Waals surface area contributed by atoms with E-state index in [1.165, 1.54) is 37.7 Å². The van der Waals surface area contributed by atoms with E-state index in [0.29, 0.717) is 0 Å². The summed E-state index contributed by atoms with van der Waals surface area (Å²) in [6.07, 6.45) is 7.04. The van der Waals surface area contributed by atoms with Crippen molar-refractivity contribution in [1.82, 2.24) is 0 Å². The van der Waals surface area contributed by atoms with Crippen LogP contribution in [-0.4, -0.2) is 0 Å². The molecule has 0 heterocycles. The Morgan fingerprint density at radius 1 is 1.45 bits per heavy atom. The van der Waals surface area contributed by atoms with Crippen molar-refractivity contribution in [3.05, 3.63) is 12.2 Å². The highest BCUT2D eigenvalue weighted by Gasteiger charge is 2.18. The summed E-state index contributed by atoms with van der Waals surface area (Å²) < 4.78 is 0. The van der Waals surface area contributed by atoms with Crippen LogP contribution in [0.1, 0.15) is 46.0 Å². The molecule has 0 aromatic heterocycles. The van der Waals surface area contributed by atoms with Gasteiger partial charge in [0.15, 0.2) is 0 Å². The van der Waals surface area contributed by atoms with E-state index in [2.05, 4.69) is 20.4 Å². The van der Waals surface area contributed by atoms with Crippen molar-refractivity contribution >= 4 is 0 Å². The van der Waals surface area contributed by atoms with Gasteiger partial charge in [-0.3, -0.25) is 0 Å². The lowest BCUT2D eigenvalue weighted by atomic mass is 9.80. The van der Waals surface area contributed by atoms with Gasteiger partial charge in [0, 0.05) is 0 Å². The Balaban J connectivity index is 2.28. The van der Waals surface area contributed by atoms with Crippen LogP contribution < -0.4 is 0 Å². The Labute approximate surface area is 70.7 Å². The molecule has 2 atom stereocenters. The van der Waals surface area contributed by atoms with Gasteiger partial charge in [0.1, 0.15) is 0 Å². The van der Waals surface area contributed by atoms with E-state index in [-0.39, 0.29) is 0 Å². The maximum atomic E-state index is 3.97. The molecule has 0 heteroatoms. The van der Waals surface area contributed by atoms with Gasteiger partial charge in [0.05, 0.1) is 0 Å². The molecule has 1 rings (SSSR count). The molecule has 1 fully saturated rings. The first kappa shape index (κ1) is 8.83. The van der Waals surface area contributed by atoms with E-state index >= 15 is 0 Å². The molecule has 0 bridgehead atoms. The van der Waals surface area contributed by atoms with Gasteiger partial charge in [-0.05, 0) is 31.6 Å². The largest absolute Gasteiger partial charge is 0.100 e. The SMILES string of the molecule is C=C(C)CC1CCC[C@@H](C)C1. The quantitative estimate of drug-likeness (QED) is 0.528. The summed E-state index contributed by atoms with van der Waals surface area (Å²) in [5.74, 6) is 1.92. The lowest BCUT2D eigenvalue weighted by molar-refractivity contribution is 0.281. The van der Waals surface area contributed by atoms with Gasteiger partial charge >= 0.3 is 0 Å². The molecule has 0 nitrogen and oxygen atoms in total. The minimum Gasteiger partial charge on any atom is -0.100 e. The lowest BCUT2D eigenvalue weighted by Crippen LogP contribution is -2.13. The van der Waals surface area contributed by atoms with Crippen molar-refractivity contribution in [2.24, 2.45) is 11.8 Å². The second kappa shape index (κ2) is 3.94. The average molecular weight is 152 g/mol. The lowest BCUT2D eigenvalue weighted by Gasteiger charge is -2.26. The summed E-state index contributed by atoms with van der Waals surface area (Å²) in [6.45, 7) is 8.51. The molecule has 1 aliphatic rings. The molecule has 64 valence electrons. The zero-order valence-corrected chi connectivity index (χ0v) is 7.90. The van der Waals surface area contributed by atoms with Crippen LogP contribution in [0, 0.1) is 11.8 Å². The molecular weight excluding hydrogens is 132 g/mol. The minimum absolute atomic E-state index is 0.955. The molecule has 11 heavy (non-hydrogen) atoms. The van der Waals surface area contributed by atoms with E-state index < -0.39 is 0 Å². The van der Waals surface area contributed by atoms with Crippen LogP contribution in [0.3, 0.4) is 0 Å². The van der Waals surface area contributed by atoms with Gasteiger partial charge in [-0.2, -0.15) is 0 Å². The molecular formula is C11H20. The molecule has 0 spiro atoms. The second-order valence-corrected chi connectivity index (χ2v) is 4.30. The molecule has 0 N–H and O–H groups in total. The van der Waals surface area contributed by atoms with Crippen molar-refractivity contribution in [1.29, 1.82) is 0 Å². The maximum absolute atomic E-state index is 3.97. The number of hydrogen-bond acceptors (Lipinski definition) is 0. The van der Waals surface area contributed by atoms with Crippen LogP contribution in [0.4, 0.5) is 0 Å². The first-order chi connectivity index (χ1) is 5.18. The molecule has 0 saturated heterocycles. The second-order valence-electron chi connectivity index (χ2n) is 4.30. The van der Waals surface area contributed by atoms with Crippen LogP contribution in [0.15, 0.2) is 12.2 Å². The summed E-state index contributed by atoms with van der Waals surface area (Å²) in [5.41, 5.74) is 1.36. The third-order valence-electron chi connectivity index (χ3n) is 2.68. The van der Waals surface area contributed by atoms with Crippen molar-refractivity contribution in [2.75, 3.05) is 0 Å². The summed E-state index contributed by atoms with van der Waals surface area (Å²) in [5, 5.41) is 0. The van der Waals surface area contributed by atoms with Gasteiger partial charge in [-0.25, -0.2) is 0 Å². The Bertz CT molecular complexity index is 135. The van der Waals surface area contributed by atoms with Gasteiger partial charge in [0.25, 0.3) is 0 Å². The Morgan fingerprint density at radius 2 is 2.18 bits per heavy atom. The fourth-order valence-corrected chi connectivity index (χ4v) is 2.24. The monoisotopic (exact) mass is 152 g/mol. The van der Waals surface area contributed by atoms with Crippen molar-refractivity contribution in [3.8, 4) is 0 Å². The standard InChI is InChI=1S/C11H20/c1-9(2)7-11-6-4-5-10(3)8-11/h10-11H,1,4-8H2,2-3H3/t10-,11?/m1/s1. The average Bonchev–Trinajstić information content (AvgIpc) is 1.85. The van der Waals surface area contributed by atoms with Gasteiger partial charge in [-0.15, -0.1) is 6.58 Å². The van der Waals surface area contributed by atoms with Crippen LogP contribution in [0.25, 0.3) is 0 Å². The number of hydrogen-bond donors (Lipinski definition) is 0. The molecule has 1 saturated carbocycles. The van der Waals surface area contributed by atoms with Crippen LogP contribution >= 0.6 is 0 Å². The molecule has 0 aromatic carbocycles. The molecule has 0 amide bonds. The smallest absolute Gasteiger partial charge is 0.0297 e. The highest BCUT2D eigenvalue weighted by molar-refractivity contribution is 4.91. The van der Waals surface area contributed by atoms with Crippen molar-refractivity contribution in [3.63, 3.8) is 0 Å². The molecule has 0 aliphatic heterocycles. The van der Waals surface area contributed by atoms with E-state index in [4.69, 9.17) is 0 Å². The van der Waals surface area contributed by atoms with Gasteiger partial charge in [-0.1, -0.05) is 31.8 Å². The van der Waals surface area contributed by atoms with Crippen molar-refractivity contribution in [2.45, 2.75) is 46.0 Å². The summed E-state index contributed by atoms with van der Waals surface area (Å²) >= 11 is 0. The maximum Gasteiger partial charge on any atom is -0.0297 e. The summed E-state index contributed by atoms with van der Waals surface area (Å²) in [6, 6.07) is 0. The normalized spacial score (nSPS) is 31.8. The van der Waals surface area contributed by atoms with Crippen LogP contribution in [-0.2, 0) is 0 Å². The third-order valence-corrected chi connectivity index (χ3v) is 2.68. The number of allylic oxidation sites excluding steroid dienone is 1. The van der Waals surface area contributed by atoms with E-state index in [1.807, 2.05) is 0 Å². The number of rotatable bonds is 2. The highest BCUT2D eigenvalue weighted by atomic mass is 14.2. The predicted molar refractivity (Wildman–Crippen MR) is 50.6 cm³/mol. The zero-order chi connectivity index (χ0) is 8.27. The Hall–Kier alpha value is -0.260.